The molecule has 0 spiro atoms. The topological polar surface area (TPSA) is 130 Å². The normalized spacial score (nSPS) is 15.4. The summed E-state index contributed by atoms with van der Waals surface area (Å²) in [5.41, 5.74) is 0.910. The average molecular weight is 454 g/mol. The number of carbonyl (C=O) groups is 1. The van der Waals surface area contributed by atoms with E-state index in [1.165, 1.54) is 34.5 Å². The number of ketones is 1. The Balaban J connectivity index is 1.93. The molecule has 11 heteroatoms. The number of methoxy groups -OCH3 is 4. The number of ether oxygens (including phenoxy) is 5. The Labute approximate surface area is 178 Å². The summed E-state index contributed by atoms with van der Waals surface area (Å²) in [4.78, 5) is 31.6. The molecule has 168 valence electrons. The number of phosphoric ester groups is 1. The van der Waals surface area contributed by atoms with Gasteiger partial charge in [0.15, 0.2) is 28.8 Å². The zero-order chi connectivity index (χ0) is 22.8. The number of hydrogen-bond donors (Lipinski definition) is 2. The van der Waals surface area contributed by atoms with E-state index in [1.54, 1.807) is 18.2 Å². The van der Waals surface area contributed by atoms with Crippen LogP contribution in [0.4, 0.5) is 0 Å². The van der Waals surface area contributed by atoms with Gasteiger partial charge in [-0.1, -0.05) is 6.07 Å². The molecule has 0 saturated carbocycles. The minimum Gasteiger partial charge on any atom is -0.493 e. The van der Waals surface area contributed by atoms with E-state index in [0.29, 0.717) is 28.4 Å². The van der Waals surface area contributed by atoms with Crippen molar-refractivity contribution >= 4 is 13.6 Å². The number of Topliss-reactive ketones (excluding diaryl/α,β-unsaturated/α-hetero) is 1. The Kier molecular flexibility index (Phi) is 6.64. The van der Waals surface area contributed by atoms with Crippen LogP contribution in [0.25, 0.3) is 0 Å². The molecule has 1 unspecified atom stereocenters. The van der Waals surface area contributed by atoms with E-state index in [1.807, 2.05) is 0 Å². The van der Waals surface area contributed by atoms with Gasteiger partial charge in [0, 0.05) is 5.56 Å². The first-order valence-electron chi connectivity index (χ1n) is 9.14. The Morgan fingerprint density at radius 1 is 0.968 bits per heavy atom. The maximum absolute atomic E-state index is 13.2. The van der Waals surface area contributed by atoms with Gasteiger partial charge in [-0.2, -0.15) is 0 Å². The van der Waals surface area contributed by atoms with E-state index in [9.17, 15) is 19.1 Å². The van der Waals surface area contributed by atoms with Gasteiger partial charge in [-0.25, -0.2) is 4.57 Å². The van der Waals surface area contributed by atoms with Crippen LogP contribution in [0.3, 0.4) is 0 Å². The van der Waals surface area contributed by atoms with E-state index in [4.69, 9.17) is 28.2 Å². The summed E-state index contributed by atoms with van der Waals surface area (Å²) in [7, 11) is 0.883. The molecule has 0 bridgehead atoms. The predicted molar refractivity (Wildman–Crippen MR) is 109 cm³/mol. The Bertz CT molecular complexity index is 1000. The van der Waals surface area contributed by atoms with Crippen LogP contribution in [0.15, 0.2) is 24.3 Å². The molecule has 1 atom stereocenters. The second kappa shape index (κ2) is 9.05. The van der Waals surface area contributed by atoms with Crippen molar-refractivity contribution in [3.05, 3.63) is 35.4 Å². The Morgan fingerprint density at radius 2 is 1.58 bits per heavy atom. The minimum absolute atomic E-state index is 0.0207. The number of phosphoric acid groups is 1. The highest BCUT2D eigenvalue weighted by atomic mass is 31.2. The molecule has 1 heterocycles. The molecule has 3 rings (SSSR count). The number of hydrogen-bond acceptors (Lipinski definition) is 8. The van der Waals surface area contributed by atoms with E-state index < -0.39 is 13.7 Å². The van der Waals surface area contributed by atoms with Gasteiger partial charge in [-0.15, -0.1) is 0 Å². The first-order chi connectivity index (χ1) is 14.7. The molecule has 1 aliphatic heterocycles. The Morgan fingerprint density at radius 3 is 2.10 bits per heavy atom. The second-order valence-corrected chi connectivity index (χ2v) is 7.82. The molecular formula is C20H23O10P. The fraction of sp³-hybridized carbons (Fsp3) is 0.350. The molecule has 0 aliphatic carbocycles. The van der Waals surface area contributed by atoms with Crippen LogP contribution in [0.5, 0.6) is 34.5 Å². The monoisotopic (exact) mass is 454 g/mol. The van der Waals surface area contributed by atoms with Crippen LogP contribution < -0.4 is 28.2 Å². The van der Waals surface area contributed by atoms with Gasteiger partial charge >= 0.3 is 7.82 Å². The van der Waals surface area contributed by atoms with Gasteiger partial charge in [-0.3, -0.25) is 14.6 Å². The maximum atomic E-state index is 13.2. The van der Waals surface area contributed by atoms with Crippen molar-refractivity contribution in [2.75, 3.05) is 35.0 Å². The molecule has 0 saturated heterocycles. The molecule has 2 N–H and O–H groups in total. The maximum Gasteiger partial charge on any atom is 0.525 e. The standard InChI is InChI=1S/C20H23O10P/c1-25-14-6-5-11-7-13(10-29-18(11)20(14)30-31(22,23)24)17(21)12-8-15(26-2)19(28-4)16(9-12)27-3/h5-6,8-9,13H,7,10H2,1-4H3,(H2,22,23,24). The van der Waals surface area contributed by atoms with Crippen LogP contribution >= 0.6 is 7.82 Å². The minimum atomic E-state index is -4.85. The molecule has 2 aromatic carbocycles. The summed E-state index contributed by atoms with van der Waals surface area (Å²) in [5, 5.41) is 0. The first kappa shape index (κ1) is 22.7. The predicted octanol–water partition coefficient (Wildman–Crippen LogP) is 2.63. The zero-order valence-electron chi connectivity index (χ0n) is 17.4. The van der Waals surface area contributed by atoms with Gasteiger partial charge in [0.05, 0.1) is 41.0 Å². The molecule has 1 aliphatic rings. The third kappa shape index (κ3) is 4.71. The molecule has 0 aromatic heterocycles. The summed E-state index contributed by atoms with van der Waals surface area (Å²) < 4.78 is 42.9. The molecule has 0 amide bonds. The molecule has 2 aromatic rings. The highest BCUT2D eigenvalue weighted by molar-refractivity contribution is 7.46. The highest BCUT2D eigenvalue weighted by Gasteiger charge is 2.33. The fourth-order valence-corrected chi connectivity index (χ4v) is 3.82. The molecule has 10 nitrogen and oxygen atoms in total. The van der Waals surface area contributed by atoms with Gasteiger partial charge in [0.1, 0.15) is 0 Å². The number of carbonyl (C=O) groups excluding carboxylic acids is 1. The fourth-order valence-electron chi connectivity index (χ4n) is 3.41. The van der Waals surface area contributed by atoms with Crippen molar-refractivity contribution in [3.8, 4) is 34.5 Å². The number of benzene rings is 2. The van der Waals surface area contributed by atoms with Gasteiger partial charge < -0.3 is 28.2 Å². The van der Waals surface area contributed by atoms with E-state index in [0.717, 1.165) is 0 Å². The van der Waals surface area contributed by atoms with Crippen molar-refractivity contribution in [1.29, 1.82) is 0 Å². The third-order valence-electron chi connectivity index (χ3n) is 4.80. The lowest BCUT2D eigenvalue weighted by molar-refractivity contribution is 0.0850. The van der Waals surface area contributed by atoms with Gasteiger partial charge in [-0.05, 0) is 30.2 Å². The molecular weight excluding hydrogens is 431 g/mol. The third-order valence-corrected chi connectivity index (χ3v) is 5.22. The molecule has 31 heavy (non-hydrogen) atoms. The van der Waals surface area contributed by atoms with Crippen molar-refractivity contribution in [3.63, 3.8) is 0 Å². The van der Waals surface area contributed by atoms with Crippen LogP contribution in [-0.2, 0) is 11.0 Å². The highest BCUT2D eigenvalue weighted by Crippen LogP contribution is 2.50. The van der Waals surface area contributed by atoms with Gasteiger partial charge in [0.2, 0.25) is 11.5 Å². The summed E-state index contributed by atoms with van der Waals surface area (Å²) in [6.45, 7) is -0.0207. The summed E-state index contributed by atoms with van der Waals surface area (Å²) >= 11 is 0. The lowest BCUT2D eigenvalue weighted by Gasteiger charge is -2.27. The van der Waals surface area contributed by atoms with Crippen LogP contribution in [0, 0.1) is 5.92 Å². The Hall–Kier alpha value is -2.94. The smallest absolute Gasteiger partial charge is 0.493 e. The van der Waals surface area contributed by atoms with Crippen LogP contribution in [-0.4, -0.2) is 50.6 Å². The lowest BCUT2D eigenvalue weighted by Crippen LogP contribution is -2.28. The SMILES string of the molecule is COc1cc(C(=O)C2COc3c(ccc(OC)c3OP(=O)(O)O)C2)cc(OC)c1OC. The van der Waals surface area contributed by atoms with Crippen molar-refractivity contribution in [1.82, 2.24) is 0 Å². The van der Waals surface area contributed by atoms with Crippen molar-refractivity contribution in [2.45, 2.75) is 6.42 Å². The lowest BCUT2D eigenvalue weighted by atomic mass is 9.89. The number of rotatable bonds is 8. The van der Waals surface area contributed by atoms with E-state index in [-0.39, 0.29) is 36.1 Å². The molecule has 0 fully saturated rings. The first-order valence-corrected chi connectivity index (χ1v) is 10.7. The number of fused-ring (bicyclic) bond motifs is 1. The van der Waals surface area contributed by atoms with E-state index in [2.05, 4.69) is 0 Å². The van der Waals surface area contributed by atoms with E-state index >= 15 is 0 Å². The van der Waals surface area contributed by atoms with Crippen LogP contribution in [0.1, 0.15) is 15.9 Å². The van der Waals surface area contributed by atoms with Crippen LogP contribution in [0.2, 0.25) is 0 Å². The van der Waals surface area contributed by atoms with Gasteiger partial charge in [0.25, 0.3) is 0 Å². The zero-order valence-corrected chi connectivity index (χ0v) is 18.3. The van der Waals surface area contributed by atoms with Crippen molar-refractivity contribution in [2.24, 2.45) is 5.92 Å². The quantitative estimate of drug-likeness (QED) is 0.453. The largest absolute Gasteiger partial charge is 0.525 e. The summed E-state index contributed by atoms with van der Waals surface area (Å²) in [5.74, 6) is 0.358. The summed E-state index contributed by atoms with van der Waals surface area (Å²) in [6, 6.07) is 6.29. The average Bonchev–Trinajstić information content (AvgIpc) is 2.76. The summed E-state index contributed by atoms with van der Waals surface area (Å²) in [6.07, 6.45) is 0.270. The molecule has 0 radical (unpaired) electrons. The van der Waals surface area contributed by atoms with Crippen molar-refractivity contribution < 1.29 is 47.4 Å². The second-order valence-electron chi connectivity index (χ2n) is 6.66.